The van der Waals surface area contributed by atoms with Gasteiger partial charge in [-0.3, -0.25) is 9.59 Å². The molecule has 49 heavy (non-hydrogen) atoms. The van der Waals surface area contributed by atoms with Crippen LogP contribution < -0.4 is 0 Å². The van der Waals surface area contributed by atoms with Crippen molar-refractivity contribution < 1.29 is 23.2 Å². The Hall–Kier alpha value is -1.66. The molecular weight excluding hydrogens is 663 g/mol. The maximum absolute atomic E-state index is 14.8. The Morgan fingerprint density at radius 1 is 0.939 bits per heavy atom. The van der Waals surface area contributed by atoms with Gasteiger partial charge in [-0.25, -0.2) is 4.98 Å². The lowest BCUT2D eigenvalue weighted by molar-refractivity contribution is -0.153. The minimum atomic E-state index is -2.41. The minimum absolute atomic E-state index is 0.00498. The molecule has 0 amide bonds. The van der Waals surface area contributed by atoms with Gasteiger partial charge in [0.25, 0.3) is 0 Å². The van der Waals surface area contributed by atoms with Crippen LogP contribution in [0, 0.1) is 24.2 Å². The standard InChI is InChI=1S/C40H71NO5SSi2/c1-19-21-22-24-28(3)36(46-49(17,18)39(10,11)12)30(5)37(43)40(13,14)34(45-48(15,16)38(7,8)9)26-35(42)44-33(23-20-2)29(4)25-32-27-47-31(6)41-32/h19-20,25,27-28,30,33-34,36H,1-2,21-24,26H2,3-18H3/b29-25-/t28-,30+,33-,34-,36-/m0/s1. The smallest absolute Gasteiger partial charge is 0.309 e. The molecular formula is C40H71NO5SSi2. The summed E-state index contributed by atoms with van der Waals surface area (Å²) in [5.41, 5.74) is 0.749. The summed E-state index contributed by atoms with van der Waals surface area (Å²) < 4.78 is 20.2. The summed E-state index contributed by atoms with van der Waals surface area (Å²) in [5.74, 6) is -0.562. The van der Waals surface area contributed by atoms with E-state index < -0.39 is 46.1 Å². The molecule has 0 aromatic carbocycles. The predicted molar refractivity (Wildman–Crippen MR) is 215 cm³/mol. The van der Waals surface area contributed by atoms with Crippen molar-refractivity contribution in [3.05, 3.63) is 47.0 Å². The number of carbonyl (C=O) groups is 2. The van der Waals surface area contributed by atoms with Crippen molar-refractivity contribution in [1.29, 1.82) is 0 Å². The molecule has 0 aliphatic carbocycles. The Morgan fingerprint density at radius 3 is 1.96 bits per heavy atom. The number of hydrogen-bond donors (Lipinski definition) is 0. The molecule has 1 rings (SSSR count). The number of hydrogen-bond acceptors (Lipinski definition) is 7. The average molecular weight is 734 g/mol. The molecule has 9 heteroatoms. The molecule has 1 aromatic rings. The van der Waals surface area contributed by atoms with Gasteiger partial charge < -0.3 is 13.6 Å². The Kier molecular flexibility index (Phi) is 16.9. The molecule has 280 valence electrons. The van der Waals surface area contributed by atoms with E-state index in [2.05, 4.69) is 92.8 Å². The number of carbonyl (C=O) groups excluding carboxylic acids is 2. The van der Waals surface area contributed by atoms with Gasteiger partial charge in [0.15, 0.2) is 16.6 Å². The van der Waals surface area contributed by atoms with Crippen molar-refractivity contribution in [3.8, 4) is 0 Å². The average Bonchev–Trinajstić information content (AvgIpc) is 3.37. The van der Waals surface area contributed by atoms with Crippen LogP contribution in [0.1, 0.15) is 119 Å². The number of aromatic nitrogens is 1. The summed E-state index contributed by atoms with van der Waals surface area (Å²) in [6.07, 6.45) is 7.57. The maximum Gasteiger partial charge on any atom is 0.309 e. The van der Waals surface area contributed by atoms with Crippen LogP contribution in [0.5, 0.6) is 0 Å². The van der Waals surface area contributed by atoms with E-state index >= 15 is 0 Å². The van der Waals surface area contributed by atoms with Gasteiger partial charge in [-0.15, -0.1) is 24.5 Å². The first kappa shape index (κ1) is 45.4. The van der Waals surface area contributed by atoms with Crippen LogP contribution in [0.3, 0.4) is 0 Å². The number of ketones is 1. The zero-order valence-electron chi connectivity index (χ0n) is 34.0. The topological polar surface area (TPSA) is 74.7 Å². The predicted octanol–water partition coefficient (Wildman–Crippen LogP) is 11.7. The quantitative estimate of drug-likeness (QED) is 0.0575. The van der Waals surface area contributed by atoms with Gasteiger partial charge in [0.05, 0.1) is 29.3 Å². The number of aryl methyl sites for hydroxylation is 1. The third kappa shape index (κ3) is 13.1. The Balaban J connectivity index is 3.55. The van der Waals surface area contributed by atoms with Crippen LogP contribution in [0.15, 0.2) is 36.3 Å². The molecule has 0 fully saturated rings. The summed E-state index contributed by atoms with van der Waals surface area (Å²) >= 11 is 1.58. The van der Waals surface area contributed by atoms with E-state index in [1.54, 1.807) is 17.4 Å². The van der Waals surface area contributed by atoms with Crippen LogP contribution >= 0.6 is 11.3 Å². The molecule has 0 bridgehead atoms. The summed E-state index contributed by atoms with van der Waals surface area (Å²) in [4.78, 5) is 33.3. The first-order chi connectivity index (χ1) is 22.2. The molecule has 0 aliphatic heterocycles. The van der Waals surface area contributed by atoms with Crippen LogP contribution in [0.4, 0.5) is 0 Å². The lowest BCUT2D eigenvalue weighted by Gasteiger charge is -2.46. The van der Waals surface area contributed by atoms with Crippen molar-refractivity contribution in [3.63, 3.8) is 0 Å². The van der Waals surface area contributed by atoms with E-state index in [-0.39, 0.29) is 34.3 Å². The van der Waals surface area contributed by atoms with E-state index in [9.17, 15) is 9.59 Å². The van der Waals surface area contributed by atoms with E-state index in [0.29, 0.717) is 6.42 Å². The lowest BCUT2D eigenvalue weighted by atomic mass is 9.73. The fraction of sp³-hybridized carbons (Fsp3) is 0.725. The summed E-state index contributed by atoms with van der Waals surface area (Å²) in [6.45, 7) is 41.9. The molecule has 0 N–H and O–H groups in total. The molecule has 0 unspecified atom stereocenters. The number of rotatable bonds is 20. The third-order valence-electron chi connectivity index (χ3n) is 11.0. The fourth-order valence-corrected chi connectivity index (χ4v) is 8.94. The van der Waals surface area contributed by atoms with E-state index in [4.69, 9.17) is 13.6 Å². The first-order valence-electron chi connectivity index (χ1n) is 18.1. The molecule has 0 saturated carbocycles. The van der Waals surface area contributed by atoms with Gasteiger partial charge >= 0.3 is 5.97 Å². The van der Waals surface area contributed by atoms with Crippen molar-refractivity contribution in [2.24, 2.45) is 17.3 Å². The van der Waals surface area contributed by atoms with Gasteiger partial charge in [-0.2, -0.15) is 0 Å². The van der Waals surface area contributed by atoms with Gasteiger partial charge in [0, 0.05) is 23.1 Å². The van der Waals surface area contributed by atoms with Crippen molar-refractivity contribution in [2.45, 2.75) is 170 Å². The molecule has 1 aromatic heterocycles. The molecule has 0 spiro atoms. The Labute approximate surface area is 306 Å². The zero-order chi connectivity index (χ0) is 38.2. The number of nitrogens with zero attached hydrogens (tertiary/aromatic N) is 1. The number of unbranched alkanes of at least 4 members (excludes halogenated alkanes) is 1. The van der Waals surface area contributed by atoms with Crippen LogP contribution in [-0.4, -0.2) is 51.7 Å². The highest BCUT2D eigenvalue weighted by molar-refractivity contribution is 7.09. The third-order valence-corrected chi connectivity index (χ3v) is 20.7. The van der Waals surface area contributed by atoms with E-state index in [1.165, 1.54) is 0 Å². The second kappa shape index (κ2) is 18.2. The summed E-state index contributed by atoms with van der Waals surface area (Å²) in [7, 11) is -4.63. The number of ether oxygens (including phenoxy) is 1. The van der Waals surface area contributed by atoms with Crippen LogP contribution in [0.25, 0.3) is 6.08 Å². The minimum Gasteiger partial charge on any atom is -0.457 e. The number of Topliss-reactive ketones (excluding diaryl/α,β-unsaturated/α-hetero) is 1. The molecule has 0 saturated heterocycles. The number of esters is 1. The van der Waals surface area contributed by atoms with Gasteiger partial charge in [0.2, 0.25) is 0 Å². The van der Waals surface area contributed by atoms with Crippen LogP contribution in [-0.2, 0) is 23.2 Å². The highest BCUT2D eigenvalue weighted by atomic mass is 32.1. The molecule has 0 radical (unpaired) electrons. The number of allylic oxidation sites excluding steroid dienone is 1. The van der Waals surface area contributed by atoms with Gasteiger partial charge in [-0.05, 0) is 86.9 Å². The van der Waals surface area contributed by atoms with Crippen LogP contribution in [0.2, 0.25) is 36.3 Å². The van der Waals surface area contributed by atoms with E-state index in [0.717, 1.165) is 35.5 Å². The second-order valence-electron chi connectivity index (χ2n) is 17.7. The molecule has 1 heterocycles. The highest BCUT2D eigenvalue weighted by Gasteiger charge is 2.50. The second-order valence-corrected chi connectivity index (χ2v) is 28.2. The molecule has 6 nitrogen and oxygen atoms in total. The van der Waals surface area contributed by atoms with Crippen molar-refractivity contribution >= 4 is 45.8 Å². The first-order valence-corrected chi connectivity index (χ1v) is 24.8. The molecule has 5 atom stereocenters. The number of thiazole rings is 1. The SMILES string of the molecule is C=CCCC[C@H](C)[C@H](O[Si](C)(C)C(C)(C)C)[C@@H](C)C(=O)C(C)(C)[C@H](CC(=O)O[C@@H](CC=C)/C(C)=C\c1csc(C)n1)O[Si](C)(C)C(C)(C)C. The Morgan fingerprint density at radius 2 is 1.49 bits per heavy atom. The zero-order valence-corrected chi connectivity index (χ0v) is 36.9. The largest absolute Gasteiger partial charge is 0.457 e. The van der Waals surface area contributed by atoms with Gasteiger partial charge in [-0.1, -0.05) is 81.4 Å². The van der Waals surface area contributed by atoms with E-state index in [1.807, 2.05) is 52.2 Å². The van der Waals surface area contributed by atoms with Crippen molar-refractivity contribution in [1.82, 2.24) is 4.98 Å². The highest BCUT2D eigenvalue weighted by Crippen LogP contribution is 2.44. The van der Waals surface area contributed by atoms with Crippen molar-refractivity contribution in [2.75, 3.05) is 0 Å². The fourth-order valence-electron chi connectivity index (χ4n) is 5.46. The summed E-state index contributed by atoms with van der Waals surface area (Å²) in [6, 6.07) is 0. The normalized spacial score (nSPS) is 16.8. The monoisotopic (exact) mass is 733 g/mol. The Bertz CT molecular complexity index is 1280. The van der Waals surface area contributed by atoms with Gasteiger partial charge in [0.1, 0.15) is 11.9 Å². The lowest BCUT2D eigenvalue weighted by Crippen LogP contribution is -2.54. The molecule has 0 aliphatic rings. The maximum atomic E-state index is 14.8. The summed E-state index contributed by atoms with van der Waals surface area (Å²) in [5, 5.41) is 2.84.